The van der Waals surface area contributed by atoms with Gasteiger partial charge < -0.3 is 4.57 Å². The molecule has 0 amide bonds. The van der Waals surface area contributed by atoms with E-state index in [2.05, 4.69) is 52.1 Å². The zero-order valence-corrected chi connectivity index (χ0v) is 14.7. The van der Waals surface area contributed by atoms with Crippen LogP contribution in [0.4, 0.5) is 0 Å². The summed E-state index contributed by atoms with van der Waals surface area (Å²) in [4.78, 5) is 5.48. The van der Waals surface area contributed by atoms with Gasteiger partial charge in [-0.05, 0) is 11.6 Å². The second-order valence-electron chi connectivity index (χ2n) is 5.63. The van der Waals surface area contributed by atoms with Crippen molar-refractivity contribution in [2.45, 2.75) is 13.0 Å². The molecule has 2 nitrogen and oxygen atoms in total. The number of benzene rings is 2. The zero-order chi connectivity index (χ0) is 16.4. The lowest BCUT2D eigenvalue weighted by molar-refractivity contribution is 0.760. The average molecular weight is 348 g/mol. The molecule has 0 atom stereocenters. The van der Waals surface area contributed by atoms with Gasteiger partial charge in [-0.3, -0.25) is 0 Å². The van der Waals surface area contributed by atoms with Gasteiger partial charge in [0.2, 0.25) is 0 Å². The fourth-order valence-electron chi connectivity index (χ4n) is 2.95. The number of nitrogens with zero attached hydrogens (tertiary/aromatic N) is 2. The van der Waals surface area contributed by atoms with Crippen LogP contribution in [0.5, 0.6) is 0 Å². The molecule has 4 rings (SSSR count). The number of fused-ring (bicyclic) bond motifs is 1. The van der Waals surface area contributed by atoms with Crippen LogP contribution in [0.2, 0.25) is 0 Å². The highest BCUT2D eigenvalue weighted by atomic mass is 32.1. The number of aromatic nitrogens is 2. The Morgan fingerprint density at radius 2 is 1.83 bits per heavy atom. The van der Waals surface area contributed by atoms with Crippen molar-refractivity contribution in [1.29, 1.82) is 0 Å². The summed E-state index contributed by atoms with van der Waals surface area (Å²) in [6.45, 7) is 0.875. The molecule has 0 N–H and O–H groups in total. The van der Waals surface area contributed by atoms with Crippen molar-refractivity contribution in [2.24, 2.45) is 0 Å². The van der Waals surface area contributed by atoms with Crippen LogP contribution in [0.15, 0.2) is 72.4 Å². The molecule has 0 fully saturated rings. The third kappa shape index (κ3) is 2.90. The molecule has 2 aromatic heterocycles. The summed E-state index contributed by atoms with van der Waals surface area (Å²) in [6.07, 6.45) is 4.92. The van der Waals surface area contributed by atoms with Gasteiger partial charge in [-0.15, -0.1) is 11.3 Å². The summed E-state index contributed by atoms with van der Waals surface area (Å²) in [6, 6.07) is 18.7. The van der Waals surface area contributed by atoms with Gasteiger partial charge in [-0.2, -0.15) is 0 Å². The molecule has 0 spiro atoms. The summed E-state index contributed by atoms with van der Waals surface area (Å²) < 4.78 is 2.29. The average Bonchev–Trinajstić information content (AvgIpc) is 3.28. The van der Waals surface area contributed by atoms with Gasteiger partial charge >= 0.3 is 0 Å². The molecule has 24 heavy (non-hydrogen) atoms. The summed E-state index contributed by atoms with van der Waals surface area (Å²) in [5.41, 5.74) is 3.58. The quantitative estimate of drug-likeness (QED) is 0.346. The first-order chi connectivity index (χ1) is 11.8. The van der Waals surface area contributed by atoms with Crippen LogP contribution >= 0.6 is 23.6 Å². The second-order valence-corrected chi connectivity index (χ2v) is 7.02. The van der Waals surface area contributed by atoms with E-state index in [1.54, 1.807) is 11.3 Å². The third-order valence-corrected chi connectivity index (χ3v) is 5.37. The molecule has 0 aliphatic heterocycles. The van der Waals surface area contributed by atoms with Crippen molar-refractivity contribution < 1.29 is 0 Å². The number of hydrogen-bond acceptors (Lipinski definition) is 3. The predicted molar refractivity (Wildman–Crippen MR) is 106 cm³/mol. The molecular formula is C20H16N2S2. The molecule has 0 saturated carbocycles. The summed E-state index contributed by atoms with van der Waals surface area (Å²) in [7, 11) is 0. The summed E-state index contributed by atoms with van der Waals surface area (Å²) in [5.74, 6) is 0. The van der Waals surface area contributed by atoms with Crippen LogP contribution in [0.3, 0.4) is 0 Å². The Kier molecular flexibility index (Phi) is 4.24. The van der Waals surface area contributed by atoms with Crippen molar-refractivity contribution in [1.82, 2.24) is 9.55 Å². The van der Waals surface area contributed by atoms with Gasteiger partial charge in [0, 0.05) is 52.1 Å². The van der Waals surface area contributed by atoms with E-state index in [0.29, 0.717) is 0 Å². The molecule has 4 aromatic rings. The first kappa shape index (κ1) is 15.2. The minimum absolute atomic E-state index is 0.856. The fourth-order valence-corrected chi connectivity index (χ4v) is 3.84. The number of hydrogen-bond donors (Lipinski definition) is 0. The summed E-state index contributed by atoms with van der Waals surface area (Å²) in [5, 5.41) is 4.33. The molecule has 0 aliphatic rings. The molecule has 0 saturated heterocycles. The maximum Gasteiger partial charge on any atom is 0.125 e. The van der Waals surface area contributed by atoms with Crippen LogP contribution in [-0.4, -0.2) is 14.4 Å². The van der Waals surface area contributed by atoms with Crippen molar-refractivity contribution in [3.8, 4) is 10.6 Å². The molecule has 0 aliphatic carbocycles. The smallest absolute Gasteiger partial charge is 0.125 e. The molecule has 0 radical (unpaired) electrons. The molecule has 118 valence electrons. The largest absolute Gasteiger partial charge is 0.346 e. The van der Waals surface area contributed by atoms with Gasteiger partial charge in [0.25, 0.3) is 0 Å². The van der Waals surface area contributed by atoms with Crippen molar-refractivity contribution in [2.75, 3.05) is 0 Å². The van der Waals surface area contributed by atoms with Crippen molar-refractivity contribution in [3.63, 3.8) is 0 Å². The Morgan fingerprint density at radius 1 is 1.04 bits per heavy atom. The maximum absolute atomic E-state index is 5.61. The van der Waals surface area contributed by atoms with E-state index in [1.807, 2.05) is 29.8 Å². The Labute approximate surface area is 150 Å². The fraction of sp³-hybridized carbons (Fsp3) is 0.100. The van der Waals surface area contributed by atoms with Gasteiger partial charge in [0.15, 0.2) is 0 Å². The van der Waals surface area contributed by atoms with Crippen LogP contribution in [-0.2, 0) is 6.54 Å². The van der Waals surface area contributed by atoms with Crippen LogP contribution < -0.4 is 0 Å². The van der Waals surface area contributed by atoms with Gasteiger partial charge in [0.1, 0.15) is 5.01 Å². The monoisotopic (exact) mass is 348 g/mol. The van der Waals surface area contributed by atoms with E-state index in [9.17, 15) is 0 Å². The molecule has 0 bridgehead atoms. The lowest BCUT2D eigenvalue weighted by atomic mass is 10.1. The van der Waals surface area contributed by atoms with E-state index in [-0.39, 0.29) is 0 Å². The summed E-state index contributed by atoms with van der Waals surface area (Å²) >= 11 is 7.28. The van der Waals surface area contributed by atoms with Gasteiger partial charge in [0.05, 0.1) is 0 Å². The van der Waals surface area contributed by atoms with Crippen LogP contribution in [0.25, 0.3) is 21.5 Å². The Bertz CT molecular complexity index is 969. The van der Waals surface area contributed by atoms with E-state index in [0.717, 1.165) is 28.4 Å². The lowest BCUT2D eigenvalue weighted by Crippen LogP contribution is -2.04. The highest BCUT2D eigenvalue weighted by molar-refractivity contribution is 7.80. The third-order valence-electron chi connectivity index (χ3n) is 4.13. The SMILES string of the molecule is S=C(CCn1cc(-c2nccs2)c2ccccc21)c1ccccc1. The standard InChI is InChI=1S/C20H16N2S2/c23-19(15-6-2-1-3-7-15)10-12-22-14-17(20-21-11-13-24-20)16-8-4-5-9-18(16)22/h1-9,11,13-14H,10,12H2. The molecule has 0 unspecified atom stereocenters. The Morgan fingerprint density at radius 3 is 2.62 bits per heavy atom. The molecular weight excluding hydrogens is 332 g/mol. The first-order valence-corrected chi connectivity index (χ1v) is 9.18. The number of para-hydroxylation sites is 1. The minimum atomic E-state index is 0.856. The number of rotatable bonds is 5. The highest BCUT2D eigenvalue weighted by Crippen LogP contribution is 2.32. The lowest BCUT2D eigenvalue weighted by Gasteiger charge is -2.07. The normalized spacial score (nSPS) is 11.0. The van der Waals surface area contributed by atoms with Crippen LogP contribution in [0, 0.1) is 0 Å². The number of thiazole rings is 1. The van der Waals surface area contributed by atoms with Gasteiger partial charge in [-0.25, -0.2) is 4.98 Å². The molecule has 2 aromatic carbocycles. The van der Waals surface area contributed by atoms with Crippen molar-refractivity contribution >= 4 is 39.3 Å². The molecule has 4 heteroatoms. The predicted octanol–water partition coefficient (Wildman–Crippen LogP) is 5.57. The topological polar surface area (TPSA) is 17.8 Å². The zero-order valence-electron chi connectivity index (χ0n) is 13.1. The van der Waals surface area contributed by atoms with E-state index in [1.165, 1.54) is 16.5 Å². The maximum atomic E-state index is 5.61. The molecule has 2 heterocycles. The van der Waals surface area contributed by atoms with E-state index < -0.39 is 0 Å². The minimum Gasteiger partial charge on any atom is -0.346 e. The highest BCUT2D eigenvalue weighted by Gasteiger charge is 2.12. The number of aryl methyl sites for hydroxylation is 1. The Hall–Kier alpha value is -2.30. The van der Waals surface area contributed by atoms with Crippen LogP contribution in [0.1, 0.15) is 12.0 Å². The Balaban J connectivity index is 1.64. The number of thiocarbonyl (C=S) groups is 1. The van der Waals surface area contributed by atoms with E-state index in [4.69, 9.17) is 12.2 Å². The van der Waals surface area contributed by atoms with Gasteiger partial charge in [-0.1, -0.05) is 60.7 Å². The first-order valence-electron chi connectivity index (χ1n) is 7.89. The van der Waals surface area contributed by atoms with E-state index >= 15 is 0 Å². The second kappa shape index (κ2) is 6.67. The van der Waals surface area contributed by atoms with Crippen molar-refractivity contribution in [3.05, 3.63) is 77.9 Å².